The Kier molecular flexibility index (Phi) is 4.51. The molecule has 1 heterocycles. The van der Waals surface area contributed by atoms with Gasteiger partial charge in [0.05, 0.1) is 6.61 Å². The van der Waals surface area contributed by atoms with E-state index in [-0.39, 0.29) is 12.5 Å². The first kappa shape index (κ1) is 11.9. The minimum absolute atomic E-state index is 0.0268. The third-order valence-electron chi connectivity index (χ3n) is 2.39. The molecule has 1 aliphatic rings. The second-order valence-electron chi connectivity index (χ2n) is 3.49. The fourth-order valence-electron chi connectivity index (χ4n) is 1.69. The van der Waals surface area contributed by atoms with Crippen LogP contribution < -0.4 is 11.5 Å². The molecule has 0 radical (unpaired) electrons. The average Bonchev–Trinajstić information content (AvgIpc) is 2.66. The van der Waals surface area contributed by atoms with Gasteiger partial charge >= 0.3 is 0 Å². The summed E-state index contributed by atoms with van der Waals surface area (Å²) in [6, 6.07) is -0.459. The third-order valence-corrected chi connectivity index (χ3v) is 2.39. The van der Waals surface area contributed by atoms with Crippen LogP contribution in [0.4, 0.5) is 0 Å². The number of nitrogens with two attached hydrogens (primary N) is 2. The van der Waals surface area contributed by atoms with E-state index in [1.165, 1.54) is 4.90 Å². The van der Waals surface area contributed by atoms with Gasteiger partial charge in [-0.2, -0.15) is 0 Å². The normalized spacial score (nSPS) is 20.6. The molecule has 0 aromatic rings. The van der Waals surface area contributed by atoms with Crippen molar-refractivity contribution in [1.29, 1.82) is 0 Å². The number of nitrogens with zero attached hydrogens (tertiary/aromatic N) is 1. The zero-order valence-corrected chi connectivity index (χ0v) is 8.65. The van der Waals surface area contributed by atoms with Gasteiger partial charge in [0.2, 0.25) is 11.8 Å². The van der Waals surface area contributed by atoms with E-state index in [2.05, 4.69) is 0 Å². The van der Waals surface area contributed by atoms with Gasteiger partial charge in [-0.15, -0.1) is 0 Å². The molecule has 1 aliphatic heterocycles. The van der Waals surface area contributed by atoms with Crippen molar-refractivity contribution < 1.29 is 14.3 Å². The van der Waals surface area contributed by atoms with Crippen molar-refractivity contribution in [3.8, 4) is 0 Å². The lowest BCUT2D eigenvalue weighted by molar-refractivity contribution is -0.141. The van der Waals surface area contributed by atoms with Crippen molar-refractivity contribution in [3.05, 3.63) is 0 Å². The Morgan fingerprint density at radius 3 is 2.80 bits per heavy atom. The van der Waals surface area contributed by atoms with Crippen LogP contribution in [0.1, 0.15) is 12.8 Å². The van der Waals surface area contributed by atoms with E-state index >= 15 is 0 Å². The van der Waals surface area contributed by atoms with Gasteiger partial charge in [-0.25, -0.2) is 0 Å². The molecule has 86 valence electrons. The molecule has 0 bridgehead atoms. The molecule has 4 N–H and O–H groups in total. The summed E-state index contributed by atoms with van der Waals surface area (Å²) in [5.74, 6) is -0.635. The summed E-state index contributed by atoms with van der Waals surface area (Å²) in [6.45, 7) is 1.28. The van der Waals surface area contributed by atoms with Crippen LogP contribution in [0.2, 0.25) is 0 Å². The minimum Gasteiger partial charge on any atom is -0.370 e. The fourth-order valence-corrected chi connectivity index (χ4v) is 1.69. The molecule has 0 aliphatic carbocycles. The molecule has 2 amide bonds. The third kappa shape index (κ3) is 3.17. The highest BCUT2D eigenvalue weighted by atomic mass is 16.5. The standard InChI is InChI=1S/C9H17N3O3/c10-3-5-15-6-8(13)12-4-1-2-7(12)9(11)14/h7H,1-6,10H2,(H2,11,14)/t7-/m0/s1. The topological polar surface area (TPSA) is 98.7 Å². The molecule has 0 saturated carbocycles. The van der Waals surface area contributed by atoms with E-state index in [0.717, 1.165) is 6.42 Å². The molecule has 1 rings (SSSR count). The van der Waals surface area contributed by atoms with Gasteiger partial charge in [0.15, 0.2) is 0 Å². The molecule has 0 aromatic carbocycles. The Hall–Kier alpha value is -1.14. The molecule has 1 fully saturated rings. The summed E-state index contributed by atoms with van der Waals surface area (Å²) in [5.41, 5.74) is 10.4. The predicted molar refractivity (Wildman–Crippen MR) is 53.8 cm³/mol. The Labute approximate surface area is 88.5 Å². The Balaban J connectivity index is 2.40. The molecule has 0 unspecified atom stereocenters. The van der Waals surface area contributed by atoms with Crippen LogP contribution in [0.5, 0.6) is 0 Å². The van der Waals surface area contributed by atoms with E-state index in [0.29, 0.717) is 26.1 Å². The fraction of sp³-hybridized carbons (Fsp3) is 0.778. The van der Waals surface area contributed by atoms with Gasteiger partial charge in [0.25, 0.3) is 0 Å². The van der Waals surface area contributed by atoms with Crippen LogP contribution in [0.15, 0.2) is 0 Å². The van der Waals surface area contributed by atoms with E-state index in [1.54, 1.807) is 0 Å². The number of ether oxygens (including phenoxy) is 1. The van der Waals surface area contributed by atoms with Crippen LogP contribution in [0.3, 0.4) is 0 Å². The lowest BCUT2D eigenvalue weighted by atomic mass is 10.2. The van der Waals surface area contributed by atoms with Crippen molar-refractivity contribution in [2.24, 2.45) is 11.5 Å². The maximum absolute atomic E-state index is 11.6. The lowest BCUT2D eigenvalue weighted by Gasteiger charge is -2.21. The molecule has 6 nitrogen and oxygen atoms in total. The highest BCUT2D eigenvalue weighted by Crippen LogP contribution is 2.16. The molecular weight excluding hydrogens is 198 g/mol. The van der Waals surface area contributed by atoms with E-state index < -0.39 is 11.9 Å². The van der Waals surface area contributed by atoms with Crippen molar-refractivity contribution in [2.75, 3.05) is 26.3 Å². The van der Waals surface area contributed by atoms with Gasteiger partial charge < -0.3 is 21.1 Å². The van der Waals surface area contributed by atoms with Crippen molar-refractivity contribution in [2.45, 2.75) is 18.9 Å². The Morgan fingerprint density at radius 1 is 1.47 bits per heavy atom. The number of hydrogen-bond acceptors (Lipinski definition) is 4. The molecule has 0 aromatic heterocycles. The zero-order valence-electron chi connectivity index (χ0n) is 8.65. The number of likely N-dealkylation sites (tertiary alicyclic amines) is 1. The molecule has 0 spiro atoms. The summed E-state index contributed by atoms with van der Waals surface area (Å²) >= 11 is 0. The SMILES string of the molecule is NCCOCC(=O)N1CCC[C@H]1C(N)=O. The maximum Gasteiger partial charge on any atom is 0.249 e. The molecule has 1 atom stereocenters. The molecular formula is C9H17N3O3. The first-order valence-electron chi connectivity index (χ1n) is 5.03. The molecule has 6 heteroatoms. The number of rotatable bonds is 5. The molecule has 15 heavy (non-hydrogen) atoms. The van der Waals surface area contributed by atoms with Crippen LogP contribution >= 0.6 is 0 Å². The van der Waals surface area contributed by atoms with Gasteiger partial charge in [0.1, 0.15) is 12.6 Å². The number of carbonyl (C=O) groups is 2. The smallest absolute Gasteiger partial charge is 0.249 e. The zero-order chi connectivity index (χ0) is 11.3. The van der Waals surface area contributed by atoms with Crippen molar-refractivity contribution >= 4 is 11.8 Å². The van der Waals surface area contributed by atoms with E-state index in [4.69, 9.17) is 16.2 Å². The average molecular weight is 215 g/mol. The van der Waals surface area contributed by atoms with Crippen LogP contribution in [0.25, 0.3) is 0 Å². The summed E-state index contributed by atoms with van der Waals surface area (Å²) in [5, 5.41) is 0. The van der Waals surface area contributed by atoms with Crippen molar-refractivity contribution in [1.82, 2.24) is 4.90 Å². The van der Waals surface area contributed by atoms with Gasteiger partial charge in [0, 0.05) is 13.1 Å². The summed E-state index contributed by atoms with van der Waals surface area (Å²) in [7, 11) is 0. The first-order valence-corrected chi connectivity index (χ1v) is 5.03. The number of amides is 2. The summed E-state index contributed by atoms with van der Waals surface area (Å²) in [6.07, 6.45) is 1.47. The maximum atomic E-state index is 11.6. The van der Waals surface area contributed by atoms with Crippen LogP contribution in [-0.4, -0.2) is 49.1 Å². The first-order chi connectivity index (χ1) is 7.16. The van der Waals surface area contributed by atoms with Gasteiger partial charge in [-0.05, 0) is 12.8 Å². The van der Waals surface area contributed by atoms with Crippen LogP contribution in [-0.2, 0) is 14.3 Å². The number of primary amides is 1. The second kappa shape index (κ2) is 5.67. The largest absolute Gasteiger partial charge is 0.370 e. The number of hydrogen-bond donors (Lipinski definition) is 2. The predicted octanol–water partition coefficient (Wildman–Crippen LogP) is -1.56. The van der Waals surface area contributed by atoms with Crippen molar-refractivity contribution in [3.63, 3.8) is 0 Å². The second-order valence-corrected chi connectivity index (χ2v) is 3.49. The van der Waals surface area contributed by atoms with E-state index in [1.807, 2.05) is 0 Å². The van der Waals surface area contributed by atoms with Gasteiger partial charge in [-0.1, -0.05) is 0 Å². The quantitative estimate of drug-likeness (QED) is 0.542. The van der Waals surface area contributed by atoms with E-state index in [9.17, 15) is 9.59 Å². The summed E-state index contributed by atoms with van der Waals surface area (Å²) in [4.78, 5) is 24.1. The highest BCUT2D eigenvalue weighted by molar-refractivity contribution is 5.87. The summed E-state index contributed by atoms with van der Waals surface area (Å²) < 4.78 is 5.02. The molecule has 1 saturated heterocycles. The monoisotopic (exact) mass is 215 g/mol. The number of carbonyl (C=O) groups excluding carboxylic acids is 2. The van der Waals surface area contributed by atoms with Gasteiger partial charge in [-0.3, -0.25) is 9.59 Å². The lowest BCUT2D eigenvalue weighted by Crippen LogP contribution is -2.45. The van der Waals surface area contributed by atoms with Crippen LogP contribution in [0, 0.1) is 0 Å². The Bertz CT molecular complexity index is 245. The highest BCUT2D eigenvalue weighted by Gasteiger charge is 2.32. The minimum atomic E-state index is -0.459. The Morgan fingerprint density at radius 2 is 2.20 bits per heavy atom.